The first-order chi connectivity index (χ1) is 18.3. The van der Waals surface area contributed by atoms with Crippen LogP contribution in [0.4, 0.5) is 0 Å². The monoisotopic (exact) mass is 572 g/mol. The molecule has 5 nitrogen and oxygen atoms in total. The molecule has 0 bridgehead atoms. The van der Waals surface area contributed by atoms with E-state index in [0.717, 1.165) is 28.9 Å². The van der Waals surface area contributed by atoms with Crippen LogP contribution in [0.25, 0.3) is 0 Å². The van der Waals surface area contributed by atoms with Crippen molar-refractivity contribution in [3.05, 3.63) is 99.5 Å². The molecule has 0 saturated carbocycles. The van der Waals surface area contributed by atoms with Gasteiger partial charge in [0.1, 0.15) is 11.8 Å². The summed E-state index contributed by atoms with van der Waals surface area (Å²) in [5.74, 6) is 1.36. The number of rotatable bonds is 13. The minimum Gasteiger partial charge on any atom is -0.497 e. The summed E-state index contributed by atoms with van der Waals surface area (Å²) in [6.07, 6.45) is 1.18. The molecule has 38 heavy (non-hydrogen) atoms. The van der Waals surface area contributed by atoms with Crippen LogP contribution < -0.4 is 10.1 Å². The lowest BCUT2D eigenvalue weighted by molar-refractivity contribution is -0.139. The van der Waals surface area contributed by atoms with E-state index in [-0.39, 0.29) is 30.2 Å². The van der Waals surface area contributed by atoms with Gasteiger partial charge in [0, 0.05) is 34.8 Å². The van der Waals surface area contributed by atoms with Gasteiger partial charge < -0.3 is 15.0 Å². The standard InChI is InChI=1S/C30H34Cl2N2O3S/c1-4-21(2)33-30(36)28(16-22-8-6-5-7-9-22)34(18-24-12-13-25(31)17-27(24)32)29(35)20-38-19-23-10-14-26(37-3)15-11-23/h5-15,17,21,28H,4,16,18-20H2,1-3H3,(H,33,36)/t21-,28+/m1/s1. The molecule has 0 fully saturated rings. The molecule has 3 aromatic carbocycles. The van der Waals surface area contributed by atoms with E-state index < -0.39 is 6.04 Å². The predicted octanol–water partition coefficient (Wildman–Crippen LogP) is 6.79. The van der Waals surface area contributed by atoms with Crippen LogP contribution in [0, 0.1) is 0 Å². The van der Waals surface area contributed by atoms with E-state index in [1.807, 2.05) is 74.5 Å². The second kappa shape index (κ2) is 15.1. The molecule has 1 N–H and O–H groups in total. The summed E-state index contributed by atoms with van der Waals surface area (Å²) in [5.41, 5.74) is 2.80. The highest BCUT2D eigenvalue weighted by Crippen LogP contribution is 2.25. The Kier molecular flexibility index (Phi) is 11.8. The number of ether oxygens (including phenoxy) is 1. The number of nitrogens with zero attached hydrogens (tertiary/aromatic N) is 1. The predicted molar refractivity (Wildman–Crippen MR) is 158 cm³/mol. The molecule has 0 heterocycles. The molecule has 0 unspecified atom stereocenters. The molecule has 8 heteroatoms. The molecule has 3 aromatic rings. The minimum atomic E-state index is -0.702. The molecule has 0 aliphatic carbocycles. The lowest BCUT2D eigenvalue weighted by Gasteiger charge is -2.32. The number of halogens is 2. The van der Waals surface area contributed by atoms with Crippen LogP contribution in [-0.4, -0.2) is 41.7 Å². The number of carbonyl (C=O) groups excluding carboxylic acids is 2. The van der Waals surface area contributed by atoms with Crippen LogP contribution in [0.15, 0.2) is 72.8 Å². The van der Waals surface area contributed by atoms with Crippen molar-refractivity contribution in [3.63, 3.8) is 0 Å². The van der Waals surface area contributed by atoms with Crippen molar-refractivity contribution in [3.8, 4) is 5.75 Å². The van der Waals surface area contributed by atoms with Gasteiger partial charge in [-0.1, -0.05) is 78.7 Å². The summed E-state index contributed by atoms with van der Waals surface area (Å²) in [6, 6.07) is 22.0. The van der Waals surface area contributed by atoms with Crippen molar-refractivity contribution in [2.75, 3.05) is 12.9 Å². The van der Waals surface area contributed by atoms with Gasteiger partial charge in [0.2, 0.25) is 11.8 Å². The van der Waals surface area contributed by atoms with Crippen molar-refractivity contribution in [1.82, 2.24) is 10.2 Å². The number of hydrogen-bond donors (Lipinski definition) is 1. The molecular weight excluding hydrogens is 539 g/mol. The van der Waals surface area contributed by atoms with Crippen LogP contribution in [0.2, 0.25) is 10.0 Å². The van der Waals surface area contributed by atoms with E-state index in [1.54, 1.807) is 24.1 Å². The Morgan fingerprint density at radius 1 is 1.00 bits per heavy atom. The normalized spacial score (nSPS) is 12.4. The Morgan fingerprint density at radius 3 is 2.34 bits per heavy atom. The zero-order valence-electron chi connectivity index (χ0n) is 22.0. The average molecular weight is 574 g/mol. The van der Waals surface area contributed by atoms with E-state index in [2.05, 4.69) is 5.32 Å². The van der Waals surface area contributed by atoms with Crippen molar-refractivity contribution < 1.29 is 14.3 Å². The van der Waals surface area contributed by atoms with E-state index in [9.17, 15) is 9.59 Å². The summed E-state index contributed by atoms with van der Waals surface area (Å²) < 4.78 is 5.23. The lowest BCUT2D eigenvalue weighted by Crippen LogP contribution is -2.52. The first-order valence-electron chi connectivity index (χ1n) is 12.6. The summed E-state index contributed by atoms with van der Waals surface area (Å²) in [5, 5.41) is 4.06. The summed E-state index contributed by atoms with van der Waals surface area (Å²) >= 11 is 14.1. The molecule has 0 radical (unpaired) electrons. The number of hydrogen-bond acceptors (Lipinski definition) is 4. The Bertz CT molecular complexity index is 1190. The Morgan fingerprint density at radius 2 is 1.71 bits per heavy atom. The van der Waals surface area contributed by atoms with Crippen LogP contribution in [0.5, 0.6) is 5.75 Å². The van der Waals surface area contributed by atoms with Gasteiger partial charge in [0.05, 0.1) is 12.9 Å². The van der Waals surface area contributed by atoms with Crippen molar-refractivity contribution >= 4 is 46.8 Å². The summed E-state index contributed by atoms with van der Waals surface area (Å²) in [7, 11) is 1.63. The molecule has 0 aliphatic heterocycles. The Labute approximate surface area is 239 Å². The van der Waals surface area contributed by atoms with Crippen LogP contribution in [-0.2, 0) is 28.3 Å². The third kappa shape index (κ3) is 8.97. The first-order valence-corrected chi connectivity index (χ1v) is 14.5. The lowest BCUT2D eigenvalue weighted by atomic mass is 10.0. The van der Waals surface area contributed by atoms with Gasteiger partial charge in [-0.2, -0.15) is 0 Å². The quantitative estimate of drug-likeness (QED) is 0.245. The molecule has 202 valence electrons. The summed E-state index contributed by atoms with van der Waals surface area (Å²) in [6.45, 7) is 4.18. The van der Waals surface area contributed by atoms with Crippen LogP contribution >= 0.6 is 35.0 Å². The van der Waals surface area contributed by atoms with Crippen LogP contribution in [0.1, 0.15) is 37.0 Å². The maximum atomic E-state index is 13.7. The zero-order valence-corrected chi connectivity index (χ0v) is 24.3. The molecule has 0 aliphatic rings. The maximum Gasteiger partial charge on any atom is 0.243 e. The molecule has 0 spiro atoms. The number of nitrogens with one attached hydrogen (secondary N) is 1. The average Bonchev–Trinajstić information content (AvgIpc) is 2.92. The minimum absolute atomic E-state index is 0.0127. The van der Waals surface area contributed by atoms with Gasteiger partial charge in [-0.25, -0.2) is 0 Å². The molecule has 2 amide bonds. The van der Waals surface area contributed by atoms with Gasteiger partial charge in [-0.3, -0.25) is 9.59 Å². The van der Waals surface area contributed by atoms with E-state index >= 15 is 0 Å². The zero-order chi connectivity index (χ0) is 27.5. The fourth-order valence-corrected chi connectivity index (χ4v) is 5.23. The van der Waals surface area contributed by atoms with E-state index in [4.69, 9.17) is 27.9 Å². The molecule has 0 aromatic heterocycles. The number of amides is 2. The fourth-order valence-electron chi connectivity index (χ4n) is 3.89. The first kappa shape index (κ1) is 29.9. The number of carbonyl (C=O) groups is 2. The van der Waals surface area contributed by atoms with Crippen molar-refractivity contribution in [1.29, 1.82) is 0 Å². The summed E-state index contributed by atoms with van der Waals surface area (Å²) in [4.78, 5) is 29.0. The highest BCUT2D eigenvalue weighted by molar-refractivity contribution is 7.99. The number of thioether (sulfide) groups is 1. The third-order valence-corrected chi connectivity index (χ3v) is 7.86. The number of methoxy groups -OCH3 is 1. The van der Waals surface area contributed by atoms with E-state index in [0.29, 0.717) is 22.2 Å². The Hall–Kier alpha value is -2.67. The SMILES string of the molecule is CC[C@@H](C)NC(=O)[C@H](Cc1ccccc1)N(Cc1ccc(Cl)cc1Cl)C(=O)CSCc1ccc(OC)cc1. The molecule has 3 rings (SSSR count). The second-order valence-corrected chi connectivity index (χ2v) is 11.0. The maximum absolute atomic E-state index is 13.7. The Balaban J connectivity index is 1.86. The molecule has 2 atom stereocenters. The highest BCUT2D eigenvalue weighted by Gasteiger charge is 2.31. The highest BCUT2D eigenvalue weighted by atomic mass is 35.5. The van der Waals surface area contributed by atoms with Gasteiger partial charge in [-0.15, -0.1) is 11.8 Å². The van der Waals surface area contributed by atoms with E-state index in [1.165, 1.54) is 11.8 Å². The van der Waals surface area contributed by atoms with Gasteiger partial charge in [-0.05, 0) is 54.3 Å². The molecule has 0 saturated heterocycles. The molecular formula is C30H34Cl2N2O3S. The van der Waals surface area contributed by atoms with Gasteiger partial charge in [0.25, 0.3) is 0 Å². The second-order valence-electron chi connectivity index (χ2n) is 9.12. The smallest absolute Gasteiger partial charge is 0.243 e. The van der Waals surface area contributed by atoms with Gasteiger partial charge >= 0.3 is 0 Å². The van der Waals surface area contributed by atoms with Gasteiger partial charge in [0.15, 0.2) is 0 Å². The van der Waals surface area contributed by atoms with Crippen molar-refractivity contribution in [2.45, 2.75) is 51.1 Å². The van der Waals surface area contributed by atoms with Crippen molar-refractivity contribution in [2.24, 2.45) is 0 Å². The number of benzene rings is 3. The topological polar surface area (TPSA) is 58.6 Å². The largest absolute Gasteiger partial charge is 0.497 e. The van der Waals surface area contributed by atoms with Crippen LogP contribution in [0.3, 0.4) is 0 Å². The fraction of sp³-hybridized carbons (Fsp3) is 0.333. The third-order valence-electron chi connectivity index (χ3n) is 6.28.